The molecule has 0 bridgehead atoms. The van der Waals surface area contributed by atoms with Crippen LogP contribution in [0.2, 0.25) is 0 Å². The van der Waals surface area contributed by atoms with Gasteiger partial charge in [0.1, 0.15) is 5.75 Å². The van der Waals surface area contributed by atoms with Crippen molar-refractivity contribution < 1.29 is 4.74 Å². The van der Waals surface area contributed by atoms with Gasteiger partial charge >= 0.3 is 0 Å². The highest BCUT2D eigenvalue weighted by Gasteiger charge is 2.18. The molecule has 0 spiro atoms. The molecule has 1 aromatic rings. The summed E-state index contributed by atoms with van der Waals surface area (Å²) in [6.07, 6.45) is 2.38. The van der Waals surface area contributed by atoms with Crippen molar-refractivity contribution in [1.29, 1.82) is 0 Å². The first-order chi connectivity index (χ1) is 11.0. The summed E-state index contributed by atoms with van der Waals surface area (Å²) < 4.78 is 5.63. The summed E-state index contributed by atoms with van der Waals surface area (Å²) in [5.41, 5.74) is 2.62. The van der Waals surface area contributed by atoms with Crippen LogP contribution in [0.4, 0.5) is 5.69 Å². The third-order valence-electron chi connectivity index (χ3n) is 4.66. The van der Waals surface area contributed by atoms with E-state index in [9.17, 15) is 0 Å². The quantitative estimate of drug-likeness (QED) is 0.754. The number of ether oxygens (including phenoxy) is 1. The maximum Gasteiger partial charge on any atom is 0.124 e. The zero-order valence-electron chi connectivity index (χ0n) is 15.6. The molecule has 0 aliphatic carbocycles. The number of hydrogen-bond donors (Lipinski definition) is 0. The van der Waals surface area contributed by atoms with Crippen LogP contribution in [0.3, 0.4) is 0 Å². The number of nitrogens with zero attached hydrogens (tertiary/aromatic N) is 2. The SMILES string of the molecule is COc1cc(N2CCN(CCC(C)C)CC2)ccc1CC(C)C. The number of methoxy groups -OCH3 is 1. The minimum absolute atomic E-state index is 0.652. The molecular formula is C20H34N2O. The average Bonchev–Trinajstić information content (AvgIpc) is 2.53. The van der Waals surface area contributed by atoms with Crippen LogP contribution in [0.5, 0.6) is 5.75 Å². The first-order valence-corrected chi connectivity index (χ1v) is 9.13. The van der Waals surface area contributed by atoms with Crippen LogP contribution >= 0.6 is 0 Å². The molecule has 2 rings (SSSR count). The summed E-state index contributed by atoms with van der Waals surface area (Å²) >= 11 is 0. The van der Waals surface area contributed by atoms with E-state index in [4.69, 9.17) is 4.74 Å². The number of anilines is 1. The standard InChI is InChI=1S/C20H34N2O/c1-16(2)8-9-21-10-12-22(13-11-21)19-7-6-18(14-17(3)4)20(15-19)23-5/h6-7,15-17H,8-14H2,1-5H3. The molecular weight excluding hydrogens is 284 g/mol. The van der Waals surface area contributed by atoms with Gasteiger partial charge in [0, 0.05) is 37.9 Å². The minimum Gasteiger partial charge on any atom is -0.496 e. The Hall–Kier alpha value is -1.22. The third-order valence-corrected chi connectivity index (χ3v) is 4.66. The van der Waals surface area contributed by atoms with E-state index >= 15 is 0 Å². The van der Waals surface area contributed by atoms with Crippen LogP contribution in [0.1, 0.15) is 39.7 Å². The summed E-state index contributed by atoms with van der Waals surface area (Å²) in [7, 11) is 1.78. The van der Waals surface area contributed by atoms with Crippen molar-refractivity contribution in [1.82, 2.24) is 4.90 Å². The van der Waals surface area contributed by atoms with Gasteiger partial charge in [0.25, 0.3) is 0 Å². The van der Waals surface area contributed by atoms with Crippen molar-refractivity contribution in [3.8, 4) is 5.75 Å². The van der Waals surface area contributed by atoms with Crippen molar-refractivity contribution in [3.05, 3.63) is 23.8 Å². The monoisotopic (exact) mass is 318 g/mol. The van der Waals surface area contributed by atoms with Crippen molar-refractivity contribution >= 4 is 5.69 Å². The molecule has 1 saturated heterocycles. The Bertz CT molecular complexity index is 477. The Labute approximate surface area is 142 Å². The molecule has 1 aromatic carbocycles. The molecule has 3 nitrogen and oxygen atoms in total. The fourth-order valence-corrected chi connectivity index (χ4v) is 3.21. The summed E-state index contributed by atoms with van der Waals surface area (Å²) in [6, 6.07) is 6.74. The van der Waals surface area contributed by atoms with Gasteiger partial charge in [0.2, 0.25) is 0 Å². The second-order valence-electron chi connectivity index (χ2n) is 7.61. The summed E-state index contributed by atoms with van der Waals surface area (Å²) in [6.45, 7) is 14.9. The van der Waals surface area contributed by atoms with Gasteiger partial charge in [-0.05, 0) is 42.9 Å². The highest BCUT2D eigenvalue weighted by molar-refractivity contribution is 5.54. The predicted molar refractivity (Wildman–Crippen MR) is 99.6 cm³/mol. The van der Waals surface area contributed by atoms with Crippen LogP contribution in [-0.2, 0) is 6.42 Å². The number of benzene rings is 1. The Kier molecular flexibility index (Phi) is 6.76. The highest BCUT2D eigenvalue weighted by atomic mass is 16.5. The highest BCUT2D eigenvalue weighted by Crippen LogP contribution is 2.28. The van der Waals surface area contributed by atoms with E-state index in [-0.39, 0.29) is 0 Å². The van der Waals surface area contributed by atoms with Gasteiger partial charge in [0.05, 0.1) is 7.11 Å². The molecule has 0 amide bonds. The zero-order chi connectivity index (χ0) is 16.8. The molecule has 1 heterocycles. The van der Waals surface area contributed by atoms with E-state index in [1.54, 1.807) is 7.11 Å². The van der Waals surface area contributed by atoms with Crippen molar-refractivity contribution in [2.75, 3.05) is 44.7 Å². The number of hydrogen-bond acceptors (Lipinski definition) is 3. The number of piperazine rings is 1. The molecule has 23 heavy (non-hydrogen) atoms. The Morgan fingerprint density at radius 2 is 1.70 bits per heavy atom. The van der Waals surface area contributed by atoms with E-state index in [0.29, 0.717) is 5.92 Å². The van der Waals surface area contributed by atoms with Crippen molar-refractivity contribution in [3.63, 3.8) is 0 Å². The van der Waals surface area contributed by atoms with Gasteiger partial charge in [0.15, 0.2) is 0 Å². The van der Waals surface area contributed by atoms with Crippen LogP contribution in [0.25, 0.3) is 0 Å². The average molecular weight is 319 g/mol. The first kappa shape index (κ1) is 18.1. The summed E-state index contributed by atoms with van der Waals surface area (Å²) in [5, 5.41) is 0. The smallest absolute Gasteiger partial charge is 0.124 e. The van der Waals surface area contributed by atoms with Crippen LogP contribution < -0.4 is 9.64 Å². The largest absolute Gasteiger partial charge is 0.496 e. The number of rotatable bonds is 7. The fraction of sp³-hybridized carbons (Fsp3) is 0.700. The second kappa shape index (κ2) is 8.58. The third kappa shape index (κ3) is 5.42. The fourth-order valence-electron chi connectivity index (χ4n) is 3.21. The molecule has 130 valence electrons. The van der Waals surface area contributed by atoms with Crippen molar-refractivity contribution in [2.45, 2.75) is 40.5 Å². The molecule has 1 aliphatic heterocycles. The molecule has 0 saturated carbocycles. The molecule has 1 fully saturated rings. The van der Waals surface area contributed by atoms with Gasteiger partial charge in [-0.25, -0.2) is 0 Å². The lowest BCUT2D eigenvalue weighted by Crippen LogP contribution is -2.46. The molecule has 0 atom stereocenters. The molecule has 3 heteroatoms. The normalized spacial score (nSPS) is 16.4. The van der Waals surface area contributed by atoms with E-state index in [1.165, 1.54) is 37.3 Å². The van der Waals surface area contributed by atoms with Crippen LogP contribution in [0, 0.1) is 11.8 Å². The Morgan fingerprint density at radius 3 is 2.26 bits per heavy atom. The maximum absolute atomic E-state index is 5.63. The van der Waals surface area contributed by atoms with Gasteiger partial charge in [-0.15, -0.1) is 0 Å². The van der Waals surface area contributed by atoms with E-state index in [1.807, 2.05) is 0 Å². The molecule has 0 aromatic heterocycles. The molecule has 0 unspecified atom stereocenters. The lowest BCUT2D eigenvalue weighted by atomic mass is 10.0. The van der Waals surface area contributed by atoms with Crippen molar-refractivity contribution in [2.24, 2.45) is 11.8 Å². The van der Waals surface area contributed by atoms with E-state index < -0.39 is 0 Å². The lowest BCUT2D eigenvalue weighted by molar-refractivity contribution is 0.243. The zero-order valence-corrected chi connectivity index (χ0v) is 15.6. The van der Waals surface area contributed by atoms with E-state index in [2.05, 4.69) is 55.7 Å². The van der Waals surface area contributed by atoms with Gasteiger partial charge in [-0.2, -0.15) is 0 Å². The molecule has 0 N–H and O–H groups in total. The van der Waals surface area contributed by atoms with Crippen LogP contribution in [-0.4, -0.2) is 44.7 Å². The Balaban J connectivity index is 1.95. The topological polar surface area (TPSA) is 15.7 Å². The summed E-state index contributed by atoms with van der Waals surface area (Å²) in [4.78, 5) is 5.09. The van der Waals surface area contributed by atoms with Gasteiger partial charge in [-0.1, -0.05) is 33.8 Å². The van der Waals surface area contributed by atoms with Gasteiger partial charge < -0.3 is 9.64 Å². The lowest BCUT2D eigenvalue weighted by Gasteiger charge is -2.36. The predicted octanol–water partition coefficient (Wildman–Crippen LogP) is 4.06. The van der Waals surface area contributed by atoms with Crippen LogP contribution in [0.15, 0.2) is 18.2 Å². The van der Waals surface area contributed by atoms with E-state index in [0.717, 1.165) is 31.2 Å². The molecule has 1 aliphatic rings. The first-order valence-electron chi connectivity index (χ1n) is 9.13. The second-order valence-corrected chi connectivity index (χ2v) is 7.61. The Morgan fingerprint density at radius 1 is 1.00 bits per heavy atom. The van der Waals surface area contributed by atoms with Gasteiger partial charge in [-0.3, -0.25) is 4.90 Å². The molecule has 0 radical (unpaired) electrons. The maximum atomic E-state index is 5.63. The minimum atomic E-state index is 0.652. The summed E-state index contributed by atoms with van der Waals surface area (Å²) in [5.74, 6) is 2.49.